The molecule has 0 bridgehead atoms. The Bertz CT molecular complexity index is 687. The van der Waals surface area contributed by atoms with Crippen molar-refractivity contribution in [2.24, 2.45) is 0 Å². The summed E-state index contributed by atoms with van der Waals surface area (Å²) in [5.41, 5.74) is -0.517. The van der Waals surface area contributed by atoms with Gasteiger partial charge in [-0.15, -0.1) is 0 Å². The second-order valence-corrected chi connectivity index (χ2v) is 4.12. The standard InChI is InChI=1S/C13H8F4N2O3/c14-8-3-1-7(2-4-8)10-11(22-6-13(15,16)17)18-5-9(19-10)12(20)21/h1-5H,6H2,(H,20,21). The SMILES string of the molecule is O=C(O)c1cnc(OCC(F)(F)F)c(-c2ccc(F)cc2)n1. The third-order valence-electron chi connectivity index (χ3n) is 2.45. The van der Waals surface area contributed by atoms with E-state index < -0.39 is 36.1 Å². The summed E-state index contributed by atoms with van der Waals surface area (Å²) in [5.74, 6) is -2.46. The van der Waals surface area contributed by atoms with Crippen molar-refractivity contribution in [2.75, 3.05) is 6.61 Å². The molecule has 0 unspecified atom stereocenters. The first kappa shape index (κ1) is 15.7. The van der Waals surface area contributed by atoms with E-state index in [1.807, 2.05) is 0 Å². The Hall–Kier alpha value is -2.71. The van der Waals surface area contributed by atoms with Crippen molar-refractivity contribution >= 4 is 5.97 Å². The van der Waals surface area contributed by atoms with Gasteiger partial charge in [-0.3, -0.25) is 0 Å². The van der Waals surface area contributed by atoms with E-state index in [1.54, 1.807) is 0 Å². The predicted octanol–water partition coefficient (Wildman–Crippen LogP) is 2.92. The molecule has 0 saturated carbocycles. The highest BCUT2D eigenvalue weighted by Gasteiger charge is 2.29. The summed E-state index contributed by atoms with van der Waals surface area (Å²) in [4.78, 5) is 18.1. The lowest BCUT2D eigenvalue weighted by molar-refractivity contribution is -0.154. The number of aromatic nitrogens is 2. The molecule has 0 saturated heterocycles. The molecule has 0 aliphatic heterocycles. The van der Waals surface area contributed by atoms with Crippen LogP contribution in [0.15, 0.2) is 30.5 Å². The van der Waals surface area contributed by atoms with Gasteiger partial charge in [-0.2, -0.15) is 13.2 Å². The minimum absolute atomic E-state index is 0.175. The molecule has 0 atom stereocenters. The molecule has 0 fully saturated rings. The van der Waals surface area contributed by atoms with Crippen LogP contribution in [0.3, 0.4) is 0 Å². The topological polar surface area (TPSA) is 72.3 Å². The number of hydrogen-bond donors (Lipinski definition) is 1. The van der Waals surface area contributed by atoms with E-state index >= 15 is 0 Å². The Balaban J connectivity index is 2.44. The smallest absolute Gasteiger partial charge is 0.422 e. The fourth-order valence-corrected chi connectivity index (χ4v) is 1.53. The number of carboxylic acid groups (broad SMARTS) is 1. The molecule has 116 valence electrons. The number of hydrogen-bond acceptors (Lipinski definition) is 4. The van der Waals surface area contributed by atoms with E-state index in [4.69, 9.17) is 5.11 Å². The molecule has 2 aromatic rings. The fourth-order valence-electron chi connectivity index (χ4n) is 1.53. The Labute approximate surface area is 121 Å². The number of carboxylic acids is 1. The molecule has 0 aliphatic carbocycles. The zero-order chi connectivity index (χ0) is 16.3. The van der Waals surface area contributed by atoms with Crippen molar-refractivity contribution in [1.29, 1.82) is 0 Å². The van der Waals surface area contributed by atoms with E-state index in [9.17, 15) is 22.4 Å². The van der Waals surface area contributed by atoms with Gasteiger partial charge in [0, 0.05) is 5.56 Å². The molecule has 1 aromatic heterocycles. The number of carbonyl (C=O) groups is 1. The van der Waals surface area contributed by atoms with Gasteiger partial charge < -0.3 is 9.84 Å². The van der Waals surface area contributed by atoms with Gasteiger partial charge in [-0.25, -0.2) is 19.2 Å². The lowest BCUT2D eigenvalue weighted by Gasteiger charge is -2.12. The van der Waals surface area contributed by atoms with Crippen LogP contribution in [-0.4, -0.2) is 33.8 Å². The fraction of sp³-hybridized carbons (Fsp3) is 0.154. The third-order valence-corrected chi connectivity index (χ3v) is 2.45. The molecule has 1 heterocycles. The van der Waals surface area contributed by atoms with Gasteiger partial charge >= 0.3 is 12.1 Å². The van der Waals surface area contributed by atoms with E-state index in [2.05, 4.69) is 14.7 Å². The maximum Gasteiger partial charge on any atom is 0.422 e. The van der Waals surface area contributed by atoms with Crippen molar-refractivity contribution in [2.45, 2.75) is 6.18 Å². The number of halogens is 4. The van der Waals surface area contributed by atoms with E-state index in [0.717, 1.165) is 18.3 Å². The third kappa shape index (κ3) is 3.90. The normalized spacial score (nSPS) is 11.3. The lowest BCUT2D eigenvalue weighted by Crippen LogP contribution is -2.20. The zero-order valence-corrected chi connectivity index (χ0v) is 10.8. The first-order valence-corrected chi connectivity index (χ1v) is 5.82. The highest BCUT2D eigenvalue weighted by molar-refractivity contribution is 5.86. The van der Waals surface area contributed by atoms with Gasteiger partial charge in [0.2, 0.25) is 5.88 Å². The Morgan fingerprint density at radius 1 is 1.23 bits per heavy atom. The van der Waals surface area contributed by atoms with Crippen molar-refractivity contribution in [1.82, 2.24) is 9.97 Å². The summed E-state index contributed by atoms with van der Waals surface area (Å²) in [6.07, 6.45) is -3.81. The van der Waals surface area contributed by atoms with Crippen LogP contribution < -0.4 is 4.74 Å². The van der Waals surface area contributed by atoms with E-state index in [-0.39, 0.29) is 11.3 Å². The van der Waals surface area contributed by atoms with Crippen LogP contribution in [0, 0.1) is 5.82 Å². The quantitative estimate of drug-likeness (QED) is 0.878. The number of ether oxygens (including phenoxy) is 1. The minimum atomic E-state index is -4.59. The maximum absolute atomic E-state index is 12.9. The van der Waals surface area contributed by atoms with Gasteiger partial charge in [-0.1, -0.05) is 0 Å². The van der Waals surface area contributed by atoms with Crippen molar-refractivity contribution in [3.8, 4) is 17.1 Å². The second kappa shape index (κ2) is 5.96. The lowest BCUT2D eigenvalue weighted by atomic mass is 10.1. The van der Waals surface area contributed by atoms with Crippen LogP contribution in [0.2, 0.25) is 0 Å². The molecular formula is C13H8F4N2O3. The van der Waals surface area contributed by atoms with E-state index in [1.165, 1.54) is 12.1 Å². The summed E-state index contributed by atoms with van der Waals surface area (Å²) in [6.45, 7) is -1.61. The molecule has 22 heavy (non-hydrogen) atoms. The number of benzene rings is 1. The highest BCUT2D eigenvalue weighted by Crippen LogP contribution is 2.28. The molecule has 0 amide bonds. The minimum Gasteiger partial charge on any atom is -0.476 e. The number of nitrogens with zero attached hydrogens (tertiary/aromatic N) is 2. The summed E-state index contributed by atoms with van der Waals surface area (Å²) in [6, 6.07) is 4.56. The summed E-state index contributed by atoms with van der Waals surface area (Å²) < 4.78 is 54.1. The largest absolute Gasteiger partial charge is 0.476 e. The Morgan fingerprint density at radius 2 is 1.86 bits per heavy atom. The molecule has 5 nitrogen and oxygen atoms in total. The van der Waals surface area contributed by atoms with Crippen LogP contribution in [0.4, 0.5) is 17.6 Å². The zero-order valence-electron chi connectivity index (χ0n) is 10.8. The molecule has 0 spiro atoms. The van der Waals surface area contributed by atoms with Gasteiger partial charge in [-0.05, 0) is 24.3 Å². The van der Waals surface area contributed by atoms with Crippen molar-refractivity contribution in [3.63, 3.8) is 0 Å². The van der Waals surface area contributed by atoms with Crippen molar-refractivity contribution < 1.29 is 32.2 Å². The Morgan fingerprint density at radius 3 is 2.41 bits per heavy atom. The average Bonchev–Trinajstić information content (AvgIpc) is 2.45. The van der Waals surface area contributed by atoms with Crippen LogP contribution in [0.1, 0.15) is 10.5 Å². The van der Waals surface area contributed by atoms with Crippen LogP contribution in [0.25, 0.3) is 11.3 Å². The maximum atomic E-state index is 12.9. The average molecular weight is 316 g/mol. The van der Waals surface area contributed by atoms with Gasteiger partial charge in [0.1, 0.15) is 11.5 Å². The molecule has 1 N–H and O–H groups in total. The molecular weight excluding hydrogens is 308 g/mol. The number of aromatic carboxylic acids is 1. The van der Waals surface area contributed by atoms with Crippen molar-refractivity contribution in [3.05, 3.63) is 42.0 Å². The second-order valence-electron chi connectivity index (χ2n) is 4.12. The van der Waals surface area contributed by atoms with Gasteiger partial charge in [0.15, 0.2) is 12.3 Å². The van der Waals surface area contributed by atoms with Gasteiger partial charge in [0.25, 0.3) is 0 Å². The molecule has 9 heteroatoms. The number of alkyl halides is 3. The van der Waals surface area contributed by atoms with Crippen LogP contribution in [0.5, 0.6) is 5.88 Å². The molecule has 1 aromatic carbocycles. The monoisotopic (exact) mass is 316 g/mol. The van der Waals surface area contributed by atoms with Crippen LogP contribution in [-0.2, 0) is 0 Å². The van der Waals surface area contributed by atoms with E-state index in [0.29, 0.717) is 0 Å². The molecule has 2 rings (SSSR count). The first-order chi connectivity index (χ1) is 10.3. The summed E-state index contributed by atoms with van der Waals surface area (Å²) in [7, 11) is 0. The summed E-state index contributed by atoms with van der Waals surface area (Å²) in [5, 5.41) is 8.87. The predicted molar refractivity (Wildman–Crippen MR) is 65.9 cm³/mol. The summed E-state index contributed by atoms with van der Waals surface area (Å²) >= 11 is 0. The first-order valence-electron chi connectivity index (χ1n) is 5.82. The Kier molecular flexibility index (Phi) is 4.25. The number of rotatable bonds is 4. The molecule has 0 radical (unpaired) electrons. The highest BCUT2D eigenvalue weighted by atomic mass is 19.4. The van der Waals surface area contributed by atoms with Gasteiger partial charge in [0.05, 0.1) is 6.20 Å². The molecule has 0 aliphatic rings. The van der Waals surface area contributed by atoms with Crippen LogP contribution >= 0.6 is 0 Å².